The Kier molecular flexibility index (Phi) is 5.99. The van der Waals surface area contributed by atoms with Gasteiger partial charge in [0.05, 0.1) is 6.54 Å². The van der Waals surface area contributed by atoms with Gasteiger partial charge >= 0.3 is 6.03 Å². The molecule has 1 saturated heterocycles. The van der Waals surface area contributed by atoms with Gasteiger partial charge in [0.2, 0.25) is 0 Å². The van der Waals surface area contributed by atoms with Gasteiger partial charge in [-0.15, -0.1) is 17.9 Å². The maximum absolute atomic E-state index is 12.0. The van der Waals surface area contributed by atoms with Gasteiger partial charge in [0, 0.05) is 30.6 Å². The van der Waals surface area contributed by atoms with Crippen molar-refractivity contribution in [2.75, 3.05) is 26.2 Å². The van der Waals surface area contributed by atoms with Gasteiger partial charge < -0.3 is 15.7 Å². The Bertz CT molecular complexity index is 480. The second-order valence-electron chi connectivity index (χ2n) is 5.94. The predicted molar refractivity (Wildman–Crippen MR) is 90.1 cm³/mol. The van der Waals surface area contributed by atoms with Crippen LogP contribution in [-0.2, 0) is 5.60 Å². The molecule has 0 radical (unpaired) electrons. The lowest BCUT2D eigenvalue weighted by molar-refractivity contribution is 0.0628. The van der Waals surface area contributed by atoms with E-state index in [1.807, 2.05) is 23.6 Å². The van der Waals surface area contributed by atoms with E-state index in [9.17, 15) is 9.90 Å². The summed E-state index contributed by atoms with van der Waals surface area (Å²) in [6.07, 6.45) is 3.80. The first kappa shape index (κ1) is 17.0. The van der Waals surface area contributed by atoms with E-state index in [0.717, 1.165) is 37.4 Å². The Morgan fingerprint density at radius 3 is 2.91 bits per heavy atom. The Balaban J connectivity index is 1.71. The van der Waals surface area contributed by atoms with Crippen molar-refractivity contribution in [3.8, 4) is 0 Å². The van der Waals surface area contributed by atoms with Crippen LogP contribution in [0.1, 0.15) is 24.6 Å². The van der Waals surface area contributed by atoms with Gasteiger partial charge in [-0.2, -0.15) is 0 Å². The lowest BCUT2D eigenvalue weighted by Crippen LogP contribution is -2.50. The van der Waals surface area contributed by atoms with Gasteiger partial charge in [-0.25, -0.2) is 4.79 Å². The fourth-order valence-electron chi connectivity index (χ4n) is 2.60. The van der Waals surface area contributed by atoms with Crippen molar-refractivity contribution in [3.05, 3.63) is 35.0 Å². The number of nitrogens with one attached hydrogen (secondary N) is 2. The molecule has 0 saturated carbocycles. The van der Waals surface area contributed by atoms with Crippen molar-refractivity contribution >= 4 is 17.4 Å². The van der Waals surface area contributed by atoms with Gasteiger partial charge in [-0.3, -0.25) is 4.90 Å². The second kappa shape index (κ2) is 7.76. The van der Waals surface area contributed by atoms with Gasteiger partial charge in [0.1, 0.15) is 5.60 Å². The van der Waals surface area contributed by atoms with Crippen LogP contribution in [-0.4, -0.2) is 48.3 Å². The van der Waals surface area contributed by atoms with E-state index in [2.05, 4.69) is 22.1 Å². The summed E-state index contributed by atoms with van der Waals surface area (Å²) < 4.78 is 0. The van der Waals surface area contributed by atoms with Gasteiger partial charge in [-0.05, 0) is 31.2 Å². The summed E-state index contributed by atoms with van der Waals surface area (Å²) in [4.78, 5) is 15.2. The number of thiophene rings is 1. The van der Waals surface area contributed by atoms with Crippen molar-refractivity contribution in [3.63, 3.8) is 0 Å². The number of piperidine rings is 1. The molecule has 0 spiro atoms. The fraction of sp³-hybridized carbons (Fsp3) is 0.562. The SMILES string of the molecule is C=CCN1CCC(NC(=O)NCC(C)(O)c2cccs2)CC1. The van der Waals surface area contributed by atoms with Crippen molar-refractivity contribution in [1.82, 2.24) is 15.5 Å². The fourth-order valence-corrected chi connectivity index (χ4v) is 3.39. The van der Waals surface area contributed by atoms with Crippen LogP contribution in [0.15, 0.2) is 30.2 Å². The lowest BCUT2D eigenvalue weighted by Gasteiger charge is -2.31. The summed E-state index contributed by atoms with van der Waals surface area (Å²) >= 11 is 1.49. The van der Waals surface area contributed by atoms with Crippen LogP contribution in [0.3, 0.4) is 0 Å². The van der Waals surface area contributed by atoms with Crippen LogP contribution in [0.2, 0.25) is 0 Å². The minimum Gasteiger partial charge on any atom is -0.383 e. The Morgan fingerprint density at radius 1 is 1.59 bits per heavy atom. The van der Waals surface area contributed by atoms with E-state index in [-0.39, 0.29) is 18.6 Å². The van der Waals surface area contributed by atoms with Crippen molar-refractivity contribution in [1.29, 1.82) is 0 Å². The average molecular weight is 323 g/mol. The Hall–Kier alpha value is -1.37. The molecule has 6 heteroatoms. The number of amides is 2. The molecule has 1 aliphatic heterocycles. The summed E-state index contributed by atoms with van der Waals surface area (Å²) in [7, 11) is 0. The molecule has 122 valence electrons. The van der Waals surface area contributed by atoms with Crippen molar-refractivity contribution in [2.24, 2.45) is 0 Å². The number of nitrogens with zero attached hydrogens (tertiary/aromatic N) is 1. The Labute approximate surface area is 136 Å². The van der Waals surface area contributed by atoms with E-state index in [1.54, 1.807) is 6.92 Å². The van der Waals surface area contributed by atoms with Gasteiger partial charge in [0.15, 0.2) is 0 Å². The highest BCUT2D eigenvalue weighted by atomic mass is 32.1. The topological polar surface area (TPSA) is 64.6 Å². The molecule has 22 heavy (non-hydrogen) atoms. The predicted octanol–water partition coefficient (Wildman–Crippen LogP) is 1.91. The first-order chi connectivity index (χ1) is 10.5. The second-order valence-corrected chi connectivity index (χ2v) is 6.89. The monoisotopic (exact) mass is 323 g/mol. The molecule has 1 aromatic rings. The number of carbonyl (C=O) groups is 1. The molecule has 1 aromatic heterocycles. The summed E-state index contributed by atoms with van der Waals surface area (Å²) in [6.45, 7) is 8.52. The van der Waals surface area contributed by atoms with E-state index in [0.29, 0.717) is 0 Å². The standard InChI is InChI=1S/C16H25N3O2S/c1-3-8-19-9-6-13(7-10-19)18-15(20)17-12-16(2,21)14-5-4-11-22-14/h3-5,11,13,21H,1,6-10,12H2,2H3,(H2,17,18,20). The molecule has 0 aromatic carbocycles. The molecule has 2 heterocycles. The smallest absolute Gasteiger partial charge is 0.315 e. The van der Waals surface area contributed by atoms with Gasteiger partial charge in [-0.1, -0.05) is 12.1 Å². The van der Waals surface area contributed by atoms with E-state index in [1.165, 1.54) is 11.3 Å². The third kappa shape index (κ3) is 4.83. The number of urea groups is 1. The molecular weight excluding hydrogens is 298 g/mol. The van der Waals surface area contributed by atoms with Crippen molar-refractivity contribution < 1.29 is 9.90 Å². The summed E-state index contributed by atoms with van der Waals surface area (Å²) in [5.74, 6) is 0. The molecule has 2 amide bonds. The molecular formula is C16H25N3O2S. The molecule has 1 atom stereocenters. The molecule has 1 fully saturated rings. The average Bonchev–Trinajstić information content (AvgIpc) is 3.03. The van der Waals surface area contributed by atoms with E-state index >= 15 is 0 Å². The summed E-state index contributed by atoms with van der Waals surface area (Å²) in [5, 5.41) is 18.1. The number of aliphatic hydroxyl groups is 1. The van der Waals surface area contributed by atoms with Crippen LogP contribution in [0, 0.1) is 0 Å². The zero-order valence-electron chi connectivity index (χ0n) is 13.0. The zero-order valence-corrected chi connectivity index (χ0v) is 13.9. The minimum absolute atomic E-state index is 0.202. The Morgan fingerprint density at radius 2 is 2.32 bits per heavy atom. The van der Waals surface area contributed by atoms with Crippen molar-refractivity contribution in [2.45, 2.75) is 31.4 Å². The lowest BCUT2D eigenvalue weighted by atomic mass is 10.0. The zero-order chi connectivity index (χ0) is 16.0. The van der Waals surface area contributed by atoms with E-state index < -0.39 is 5.60 Å². The maximum atomic E-state index is 12.0. The molecule has 1 unspecified atom stereocenters. The molecule has 1 aliphatic rings. The van der Waals surface area contributed by atoms with Crippen LogP contribution in [0.25, 0.3) is 0 Å². The number of rotatable bonds is 6. The highest BCUT2D eigenvalue weighted by molar-refractivity contribution is 7.10. The molecule has 0 bridgehead atoms. The quantitative estimate of drug-likeness (QED) is 0.701. The first-order valence-electron chi connectivity index (χ1n) is 7.65. The third-order valence-corrected chi connectivity index (χ3v) is 5.08. The molecule has 3 N–H and O–H groups in total. The molecule has 5 nitrogen and oxygen atoms in total. The number of hydrogen-bond donors (Lipinski definition) is 3. The van der Waals surface area contributed by atoms with Crippen LogP contribution >= 0.6 is 11.3 Å². The maximum Gasteiger partial charge on any atom is 0.315 e. The van der Waals surface area contributed by atoms with Crippen LogP contribution < -0.4 is 10.6 Å². The highest BCUT2D eigenvalue weighted by Crippen LogP contribution is 2.24. The highest BCUT2D eigenvalue weighted by Gasteiger charge is 2.26. The first-order valence-corrected chi connectivity index (χ1v) is 8.53. The van der Waals surface area contributed by atoms with Crippen LogP contribution in [0.5, 0.6) is 0 Å². The molecule has 0 aliphatic carbocycles. The van der Waals surface area contributed by atoms with E-state index in [4.69, 9.17) is 0 Å². The van der Waals surface area contributed by atoms with Gasteiger partial charge in [0.25, 0.3) is 0 Å². The third-order valence-electron chi connectivity index (χ3n) is 3.96. The summed E-state index contributed by atoms with van der Waals surface area (Å²) in [6, 6.07) is 3.76. The number of hydrogen-bond acceptors (Lipinski definition) is 4. The number of likely N-dealkylation sites (tertiary alicyclic amines) is 1. The number of carbonyl (C=O) groups excluding carboxylic acids is 1. The minimum atomic E-state index is -1.03. The van der Waals surface area contributed by atoms with Crippen LogP contribution in [0.4, 0.5) is 4.79 Å². The normalized spacial score (nSPS) is 19.4. The molecule has 2 rings (SSSR count). The summed E-state index contributed by atoms with van der Waals surface area (Å²) in [5.41, 5.74) is -1.03. The largest absolute Gasteiger partial charge is 0.383 e.